The minimum absolute atomic E-state index is 0. The van der Waals surface area contributed by atoms with Crippen molar-refractivity contribution in [3.8, 4) is 0 Å². The van der Waals surface area contributed by atoms with Crippen LogP contribution >= 0.6 is 13.5 Å². The van der Waals surface area contributed by atoms with Gasteiger partial charge in [-0.15, -0.1) is 0 Å². The summed E-state index contributed by atoms with van der Waals surface area (Å²) in [5.41, 5.74) is 0. The molecule has 0 fully saturated rings. The summed E-state index contributed by atoms with van der Waals surface area (Å²) >= 11 is 4.25. The van der Waals surface area contributed by atoms with Gasteiger partial charge in [-0.05, 0) is 0 Å². The number of hydrogen-bond donors (Lipinski definition) is 0. The van der Waals surface area contributed by atoms with Crippen molar-refractivity contribution in [1.82, 2.24) is 0 Å². The summed E-state index contributed by atoms with van der Waals surface area (Å²) in [5.74, 6) is 0. The van der Waals surface area contributed by atoms with E-state index >= 15 is 0 Å². The van der Waals surface area contributed by atoms with Gasteiger partial charge in [-0.25, -0.2) is 0 Å². The molecule has 28 valence electrons. The minimum atomic E-state index is 0. The van der Waals surface area contributed by atoms with Crippen molar-refractivity contribution >= 4 is 42.6 Å². The predicted molar refractivity (Wildman–Crippen MR) is 21.9 cm³/mol. The van der Waals surface area contributed by atoms with E-state index in [1.807, 2.05) is 0 Å². The Balaban J connectivity index is -0.00000000500. The Labute approximate surface area is 59.2 Å². The van der Waals surface area contributed by atoms with Crippen molar-refractivity contribution < 1.29 is 17.1 Å². The van der Waals surface area contributed by atoms with E-state index in [1.165, 1.54) is 0 Å². The molecule has 0 N–H and O–H groups in total. The molecule has 0 bridgehead atoms. The third-order valence-electron chi connectivity index (χ3n) is 0. The summed E-state index contributed by atoms with van der Waals surface area (Å²) in [6.45, 7) is 0. The van der Waals surface area contributed by atoms with E-state index in [4.69, 9.17) is 0 Å². The molecule has 2 radical (unpaired) electrons. The first kappa shape index (κ1) is 16.6. The first-order chi connectivity index (χ1) is 1.00. The predicted octanol–water partition coefficient (Wildman–Crippen LogP) is -0.651. The van der Waals surface area contributed by atoms with Gasteiger partial charge in [0.2, 0.25) is 0 Å². The van der Waals surface area contributed by atoms with Gasteiger partial charge in [-0.1, -0.05) is 0 Å². The molecule has 0 spiro atoms. The Morgan fingerprint density at radius 1 is 1.25 bits per heavy atom. The van der Waals surface area contributed by atoms with E-state index in [0.29, 0.717) is 0 Å². The first-order valence-electron chi connectivity index (χ1n) is 0.236. The normalized spacial score (nSPS) is 0.750. The molecule has 0 rings (SSSR count). The van der Waals surface area contributed by atoms with Crippen molar-refractivity contribution in [2.75, 3.05) is 0 Å². The molecule has 0 amide bonds. The molecule has 0 nitrogen and oxygen atoms in total. The van der Waals surface area contributed by atoms with Crippen LogP contribution in [-0.4, -0.2) is 29.1 Å². The van der Waals surface area contributed by atoms with Gasteiger partial charge in [-0.2, -0.15) is 13.5 Å². The summed E-state index contributed by atoms with van der Waals surface area (Å²) in [5, 5.41) is 0. The molecule has 0 unspecified atom stereocenters. The van der Waals surface area contributed by atoms with Crippen LogP contribution in [0.4, 0.5) is 0 Å². The third kappa shape index (κ3) is 8.98. The van der Waals surface area contributed by atoms with E-state index in [2.05, 4.69) is 13.1 Å². The summed E-state index contributed by atoms with van der Waals surface area (Å²) in [6, 6.07) is 0. The van der Waals surface area contributed by atoms with Crippen molar-refractivity contribution in [1.29, 1.82) is 0 Å². The average Bonchev–Trinajstić information content (AvgIpc) is 1.00. The molecule has 0 atom stereocenters. The summed E-state index contributed by atoms with van der Waals surface area (Å²) in [6.07, 6.45) is 0. The second-order valence-corrected chi connectivity index (χ2v) is 0. The fourth-order valence-electron chi connectivity index (χ4n) is 0. The number of hydrogen-bond acceptors (Lipinski definition) is 0. The molecule has 0 aliphatic carbocycles. The van der Waals surface area contributed by atoms with Crippen LogP contribution in [0, 0.1) is 0 Å². The van der Waals surface area contributed by atoms with Crippen molar-refractivity contribution in [2.45, 2.75) is 0 Å². The van der Waals surface area contributed by atoms with Crippen molar-refractivity contribution in [3.63, 3.8) is 0 Å². The molecule has 0 aromatic heterocycles. The van der Waals surface area contributed by atoms with E-state index in [-0.39, 0.29) is 30.6 Å². The van der Waals surface area contributed by atoms with Crippen LogP contribution in [-0.2, 0) is 17.1 Å². The third-order valence-corrected chi connectivity index (χ3v) is 0. The van der Waals surface area contributed by atoms with Crippen LogP contribution in [0.2, 0.25) is 0 Å². The topological polar surface area (TPSA) is 0 Å². The fourth-order valence-corrected chi connectivity index (χ4v) is 0. The monoisotopic (exact) mass is 246 g/mol. The zero-order valence-corrected chi connectivity index (χ0v) is 7.86. The molecule has 4 heteroatoms. The van der Waals surface area contributed by atoms with Crippen LogP contribution in [0.1, 0.15) is 0 Å². The second-order valence-electron chi connectivity index (χ2n) is 0. The van der Waals surface area contributed by atoms with Crippen LogP contribution in [0.5, 0.6) is 0 Å². The van der Waals surface area contributed by atoms with Gasteiger partial charge in [0, 0.05) is 17.1 Å². The van der Waals surface area contributed by atoms with E-state index in [1.54, 1.807) is 16.0 Å². The Morgan fingerprint density at radius 3 is 1.25 bits per heavy atom. The number of rotatable bonds is 0. The van der Waals surface area contributed by atoms with Gasteiger partial charge in [0.15, 0.2) is 0 Å². The molecule has 0 aliphatic heterocycles. The molecule has 4 heavy (non-hydrogen) atoms. The summed E-state index contributed by atoms with van der Waals surface area (Å²) in [4.78, 5) is 0. The second kappa shape index (κ2) is 19.9. The van der Waals surface area contributed by atoms with Gasteiger partial charge in [-0.3, -0.25) is 0 Å². The zero-order chi connectivity index (χ0) is 2.00. The van der Waals surface area contributed by atoms with Crippen LogP contribution in [0.25, 0.3) is 0 Å². The Kier molecular flexibility index (Phi) is 82.5. The van der Waals surface area contributed by atoms with Gasteiger partial charge >= 0.3 is 29.1 Å². The van der Waals surface area contributed by atoms with Gasteiger partial charge in [0.25, 0.3) is 0 Å². The van der Waals surface area contributed by atoms with Crippen LogP contribution in [0.3, 0.4) is 0 Å². The van der Waals surface area contributed by atoms with Gasteiger partial charge < -0.3 is 0 Å². The fraction of sp³-hybridized carbons (Fsp3) is 0. The van der Waals surface area contributed by atoms with Crippen LogP contribution in [0.15, 0.2) is 0 Å². The molecular formula is H2CuGaSSe. The maximum atomic E-state index is 2.69. The Bertz CT molecular complexity index is 8.00. The molecule has 0 aromatic rings. The molecule has 0 saturated heterocycles. The zero-order valence-electron chi connectivity index (χ0n) is 1.79. The molecule has 0 aromatic carbocycles. The van der Waals surface area contributed by atoms with Crippen LogP contribution < -0.4 is 0 Å². The summed E-state index contributed by atoms with van der Waals surface area (Å²) < 4.78 is 0. The van der Waals surface area contributed by atoms with E-state index < -0.39 is 0 Å². The maximum absolute atomic E-state index is 2.69. The first-order valence-corrected chi connectivity index (χ1v) is 6.36. The average molecular weight is 246 g/mol. The van der Waals surface area contributed by atoms with Gasteiger partial charge in [0.1, 0.15) is 0 Å². The van der Waals surface area contributed by atoms with Crippen molar-refractivity contribution in [3.05, 3.63) is 0 Å². The van der Waals surface area contributed by atoms with E-state index in [9.17, 15) is 0 Å². The van der Waals surface area contributed by atoms with Gasteiger partial charge in [0.05, 0.1) is 0 Å². The SMILES string of the molecule is S.[Cu].[Ga]=[Se]. The Hall–Kier alpha value is 2.03. The summed E-state index contributed by atoms with van der Waals surface area (Å²) in [7, 11) is 0. The van der Waals surface area contributed by atoms with Crippen molar-refractivity contribution in [2.24, 2.45) is 0 Å². The molecular weight excluding hydrogens is 244 g/mol. The standard InChI is InChI=1S/Cu.Ga.H2S.Se/h;;1H2;. The quantitative estimate of drug-likeness (QED) is 0.498. The molecule has 0 aliphatic rings. The van der Waals surface area contributed by atoms with E-state index in [0.717, 1.165) is 0 Å². The Morgan fingerprint density at radius 2 is 1.25 bits per heavy atom. The molecule has 0 saturated carbocycles. The molecule has 0 heterocycles.